The Morgan fingerprint density at radius 3 is 2.19 bits per heavy atom. The predicted molar refractivity (Wildman–Crippen MR) is 150 cm³/mol. The lowest BCUT2D eigenvalue weighted by Gasteiger charge is -2.40. The van der Waals surface area contributed by atoms with Gasteiger partial charge in [-0.25, -0.2) is 9.59 Å². The minimum atomic E-state index is -0.510. The number of piperidine rings is 2. The fourth-order valence-corrected chi connectivity index (χ4v) is 5.58. The van der Waals surface area contributed by atoms with Gasteiger partial charge in [-0.1, -0.05) is 60.5 Å². The molecule has 4 rings (SSSR count). The molecule has 0 unspecified atom stereocenters. The molecule has 2 aliphatic rings. The summed E-state index contributed by atoms with van der Waals surface area (Å²) < 4.78 is 5.53. The summed E-state index contributed by atoms with van der Waals surface area (Å²) in [5, 5.41) is 3.68. The van der Waals surface area contributed by atoms with Crippen LogP contribution < -0.4 is 5.32 Å². The molecule has 0 radical (unpaired) electrons. The van der Waals surface area contributed by atoms with E-state index >= 15 is 0 Å². The molecule has 2 saturated heterocycles. The summed E-state index contributed by atoms with van der Waals surface area (Å²) in [6, 6.07) is 14.5. The van der Waals surface area contributed by atoms with E-state index in [4.69, 9.17) is 16.3 Å². The Kier molecular flexibility index (Phi) is 8.08. The first-order valence-electron chi connectivity index (χ1n) is 13.3. The zero-order valence-electron chi connectivity index (χ0n) is 22.8. The van der Waals surface area contributed by atoms with Gasteiger partial charge in [-0.2, -0.15) is 0 Å². The molecular formula is C30H40ClN3O3. The van der Waals surface area contributed by atoms with Crippen LogP contribution in [0.3, 0.4) is 0 Å². The van der Waals surface area contributed by atoms with Crippen molar-refractivity contribution in [3.05, 3.63) is 64.2 Å². The molecule has 0 bridgehead atoms. The number of amides is 3. The Bertz CT molecular complexity index is 1110. The number of urea groups is 1. The predicted octanol–water partition coefficient (Wildman–Crippen LogP) is 7.35. The van der Waals surface area contributed by atoms with E-state index in [1.165, 1.54) is 11.1 Å². The van der Waals surface area contributed by atoms with Crippen LogP contribution in [-0.4, -0.2) is 53.7 Å². The Morgan fingerprint density at radius 2 is 1.59 bits per heavy atom. The number of halogens is 1. The van der Waals surface area contributed by atoms with Crippen LogP contribution in [-0.2, 0) is 10.2 Å². The molecule has 0 saturated carbocycles. The van der Waals surface area contributed by atoms with E-state index in [9.17, 15) is 9.59 Å². The van der Waals surface area contributed by atoms with Crippen molar-refractivity contribution in [3.8, 4) is 0 Å². The highest BCUT2D eigenvalue weighted by atomic mass is 35.5. The number of likely N-dealkylation sites (tertiary alicyclic amines) is 2. The molecule has 2 aromatic carbocycles. The van der Waals surface area contributed by atoms with Crippen molar-refractivity contribution in [3.63, 3.8) is 0 Å². The van der Waals surface area contributed by atoms with Gasteiger partial charge in [0, 0.05) is 26.2 Å². The summed E-state index contributed by atoms with van der Waals surface area (Å²) in [5.74, 6) is 0.207. The highest BCUT2D eigenvalue weighted by Crippen LogP contribution is 2.38. The highest BCUT2D eigenvalue weighted by molar-refractivity contribution is 6.34. The number of rotatable bonds is 3. The SMILES string of the molecule is Cc1ccc(C2(C)CCN(C(=O)Nc3c(Cl)cccc3C3CCN(C(=O)OC(C)(C)C)CC3)CC2)cc1. The summed E-state index contributed by atoms with van der Waals surface area (Å²) in [7, 11) is 0. The topological polar surface area (TPSA) is 61.9 Å². The zero-order chi connectivity index (χ0) is 26.8. The summed E-state index contributed by atoms with van der Waals surface area (Å²) in [6.45, 7) is 12.7. The van der Waals surface area contributed by atoms with Crippen LogP contribution in [0.15, 0.2) is 42.5 Å². The molecule has 0 spiro atoms. The molecule has 0 aliphatic carbocycles. The van der Waals surface area contributed by atoms with Crippen molar-refractivity contribution in [2.24, 2.45) is 0 Å². The van der Waals surface area contributed by atoms with Gasteiger partial charge < -0.3 is 19.9 Å². The minimum Gasteiger partial charge on any atom is -0.444 e. The number of para-hydroxylation sites is 1. The largest absolute Gasteiger partial charge is 0.444 e. The first-order chi connectivity index (χ1) is 17.4. The minimum absolute atomic E-state index is 0.0716. The molecule has 2 aromatic rings. The van der Waals surface area contributed by atoms with Gasteiger partial charge >= 0.3 is 12.1 Å². The van der Waals surface area contributed by atoms with Crippen molar-refractivity contribution in [1.29, 1.82) is 0 Å². The lowest BCUT2D eigenvalue weighted by molar-refractivity contribution is 0.0205. The number of nitrogens with one attached hydrogen (secondary N) is 1. The first kappa shape index (κ1) is 27.3. The Hall–Kier alpha value is -2.73. The van der Waals surface area contributed by atoms with Gasteiger partial charge in [-0.3, -0.25) is 0 Å². The van der Waals surface area contributed by atoms with Gasteiger partial charge in [0.2, 0.25) is 0 Å². The van der Waals surface area contributed by atoms with Gasteiger partial charge in [0.15, 0.2) is 0 Å². The standard InChI is InChI=1S/C30H40ClN3O3/c1-21-9-11-23(12-10-21)30(5)15-19-33(20-16-30)27(35)32-26-24(7-6-8-25(26)31)22-13-17-34(18-14-22)28(36)37-29(2,3)4/h6-12,22H,13-20H2,1-5H3,(H,32,35). The maximum atomic E-state index is 13.3. The molecular weight excluding hydrogens is 486 g/mol. The van der Waals surface area contributed by atoms with E-state index < -0.39 is 5.60 Å². The quantitative estimate of drug-likeness (QED) is 0.455. The van der Waals surface area contributed by atoms with E-state index in [0.29, 0.717) is 36.9 Å². The number of hydrogen-bond acceptors (Lipinski definition) is 3. The van der Waals surface area contributed by atoms with Gasteiger partial charge in [-0.05, 0) is 81.9 Å². The van der Waals surface area contributed by atoms with Crippen LogP contribution in [0.5, 0.6) is 0 Å². The summed E-state index contributed by atoms with van der Waals surface area (Å²) in [4.78, 5) is 29.4. The van der Waals surface area contributed by atoms with E-state index in [0.717, 1.165) is 31.2 Å². The van der Waals surface area contributed by atoms with Crippen molar-refractivity contribution >= 4 is 29.4 Å². The lowest BCUT2D eigenvalue weighted by atomic mass is 9.74. The number of carbonyl (C=O) groups is 2. The van der Waals surface area contributed by atoms with Crippen LogP contribution in [0.25, 0.3) is 0 Å². The zero-order valence-corrected chi connectivity index (χ0v) is 23.5. The molecule has 37 heavy (non-hydrogen) atoms. The molecule has 0 atom stereocenters. The van der Waals surface area contributed by atoms with Gasteiger partial charge in [0.05, 0.1) is 10.7 Å². The second-order valence-corrected chi connectivity index (χ2v) is 12.2. The average Bonchev–Trinajstić information content (AvgIpc) is 2.85. The van der Waals surface area contributed by atoms with Crippen LogP contribution in [0.2, 0.25) is 5.02 Å². The van der Waals surface area contributed by atoms with E-state index in [-0.39, 0.29) is 23.5 Å². The number of hydrogen-bond donors (Lipinski definition) is 1. The number of carbonyl (C=O) groups excluding carboxylic acids is 2. The third kappa shape index (κ3) is 6.59. The summed E-state index contributed by atoms with van der Waals surface area (Å²) in [6.07, 6.45) is 3.15. The molecule has 2 heterocycles. The summed E-state index contributed by atoms with van der Waals surface area (Å²) >= 11 is 6.60. The monoisotopic (exact) mass is 525 g/mol. The van der Waals surface area contributed by atoms with Crippen LogP contribution in [0, 0.1) is 6.92 Å². The highest BCUT2D eigenvalue weighted by Gasteiger charge is 2.34. The number of benzene rings is 2. The van der Waals surface area contributed by atoms with Crippen LogP contribution in [0.1, 0.15) is 76.0 Å². The van der Waals surface area contributed by atoms with Crippen molar-refractivity contribution < 1.29 is 14.3 Å². The average molecular weight is 526 g/mol. The molecule has 2 aliphatic heterocycles. The molecule has 200 valence electrons. The maximum absolute atomic E-state index is 13.3. The van der Waals surface area contributed by atoms with E-state index in [1.54, 1.807) is 4.90 Å². The third-order valence-electron chi connectivity index (χ3n) is 7.77. The van der Waals surface area contributed by atoms with Crippen LogP contribution >= 0.6 is 11.6 Å². The maximum Gasteiger partial charge on any atom is 0.410 e. The Labute approximate surface area is 226 Å². The van der Waals surface area contributed by atoms with Gasteiger partial charge in [0.1, 0.15) is 5.60 Å². The van der Waals surface area contributed by atoms with Crippen LogP contribution in [0.4, 0.5) is 15.3 Å². The fraction of sp³-hybridized carbons (Fsp3) is 0.533. The van der Waals surface area contributed by atoms with E-state index in [1.807, 2.05) is 43.9 Å². The van der Waals surface area contributed by atoms with Crippen molar-refractivity contribution in [2.75, 3.05) is 31.5 Å². The second kappa shape index (κ2) is 10.9. The third-order valence-corrected chi connectivity index (χ3v) is 8.08. The normalized spacial score (nSPS) is 18.4. The lowest BCUT2D eigenvalue weighted by Crippen LogP contribution is -2.45. The van der Waals surface area contributed by atoms with Crippen molar-refractivity contribution in [1.82, 2.24) is 9.80 Å². The first-order valence-corrected chi connectivity index (χ1v) is 13.7. The van der Waals surface area contributed by atoms with E-state index in [2.05, 4.69) is 43.4 Å². The smallest absolute Gasteiger partial charge is 0.410 e. The number of nitrogens with zero attached hydrogens (tertiary/aromatic N) is 2. The molecule has 1 N–H and O–H groups in total. The summed E-state index contributed by atoms with van der Waals surface area (Å²) in [5.41, 5.74) is 3.88. The number of anilines is 1. The molecule has 2 fully saturated rings. The Morgan fingerprint density at radius 1 is 0.973 bits per heavy atom. The molecule has 7 heteroatoms. The van der Waals surface area contributed by atoms with Gasteiger partial charge in [0.25, 0.3) is 0 Å². The second-order valence-electron chi connectivity index (χ2n) is 11.8. The molecule has 0 aromatic heterocycles. The number of aryl methyl sites for hydroxylation is 1. The number of ether oxygens (including phenoxy) is 1. The van der Waals surface area contributed by atoms with Crippen molar-refractivity contribution in [2.45, 2.75) is 77.2 Å². The molecule has 6 nitrogen and oxygen atoms in total. The van der Waals surface area contributed by atoms with Gasteiger partial charge in [-0.15, -0.1) is 0 Å². The molecule has 3 amide bonds. The fourth-order valence-electron chi connectivity index (χ4n) is 5.35. The Balaban J connectivity index is 1.38.